The number of hydrogen-bond acceptors (Lipinski definition) is 2. The Morgan fingerprint density at radius 2 is 2.06 bits per heavy atom. The number of nitrogens with zero attached hydrogens (tertiary/aromatic N) is 1. The van der Waals surface area contributed by atoms with Crippen molar-refractivity contribution in [3.05, 3.63) is 52.5 Å². The normalized spacial score (nSPS) is 10.3. The molecule has 0 radical (unpaired) electrons. The van der Waals surface area contributed by atoms with Crippen LogP contribution in [0.5, 0.6) is 0 Å². The average Bonchev–Trinajstić information content (AvgIpc) is 2.77. The van der Waals surface area contributed by atoms with Gasteiger partial charge in [0.2, 0.25) is 17.3 Å². The van der Waals surface area contributed by atoms with Crippen molar-refractivity contribution in [3.8, 4) is 0 Å². The molecule has 0 fully saturated rings. The summed E-state index contributed by atoms with van der Waals surface area (Å²) >= 11 is 1.70. The van der Waals surface area contributed by atoms with Crippen LogP contribution in [0, 0.1) is 0 Å². The van der Waals surface area contributed by atoms with Gasteiger partial charge in [0.05, 0.1) is 5.38 Å². The van der Waals surface area contributed by atoms with Crippen LogP contribution >= 0.6 is 11.3 Å². The number of rotatable bonds is 4. The van der Waals surface area contributed by atoms with Gasteiger partial charge in [0.25, 0.3) is 0 Å². The lowest BCUT2D eigenvalue weighted by Gasteiger charge is -1.97. The molecular formula is C13H14NOS+. The first-order chi connectivity index (χ1) is 7.81. The van der Waals surface area contributed by atoms with E-state index in [1.54, 1.807) is 11.3 Å². The molecular weight excluding hydrogens is 218 g/mol. The second-order valence-corrected chi connectivity index (χ2v) is 4.55. The van der Waals surface area contributed by atoms with E-state index in [-0.39, 0.29) is 5.78 Å². The van der Waals surface area contributed by atoms with Gasteiger partial charge in [0, 0.05) is 12.0 Å². The average molecular weight is 232 g/mol. The van der Waals surface area contributed by atoms with E-state index in [4.69, 9.17) is 0 Å². The molecule has 0 aliphatic rings. The van der Waals surface area contributed by atoms with Crippen molar-refractivity contribution in [1.82, 2.24) is 0 Å². The minimum atomic E-state index is 0.165. The van der Waals surface area contributed by atoms with Gasteiger partial charge in [-0.1, -0.05) is 48.6 Å². The maximum absolute atomic E-state index is 12.0. The Balaban J connectivity index is 2.14. The third kappa shape index (κ3) is 2.36. The Kier molecular flexibility index (Phi) is 3.47. The van der Waals surface area contributed by atoms with Crippen molar-refractivity contribution in [3.63, 3.8) is 0 Å². The SMILES string of the molecule is CCc1scc[n+]1CC(=O)c1ccccc1. The molecule has 2 aromatic rings. The number of aryl methyl sites for hydroxylation is 1. The molecule has 82 valence electrons. The van der Waals surface area contributed by atoms with E-state index in [2.05, 4.69) is 6.92 Å². The predicted octanol–water partition coefficient (Wildman–Crippen LogP) is 2.48. The molecule has 2 nitrogen and oxygen atoms in total. The van der Waals surface area contributed by atoms with Crippen LogP contribution in [0.25, 0.3) is 0 Å². The number of hydrogen-bond donors (Lipinski definition) is 0. The molecule has 0 bridgehead atoms. The van der Waals surface area contributed by atoms with Crippen LogP contribution in [0.3, 0.4) is 0 Å². The van der Waals surface area contributed by atoms with E-state index in [1.165, 1.54) is 5.01 Å². The van der Waals surface area contributed by atoms with Crippen molar-refractivity contribution in [1.29, 1.82) is 0 Å². The van der Waals surface area contributed by atoms with Crippen LogP contribution in [-0.4, -0.2) is 5.78 Å². The second-order valence-electron chi connectivity index (χ2n) is 3.57. The lowest BCUT2D eigenvalue weighted by Crippen LogP contribution is -2.39. The van der Waals surface area contributed by atoms with Crippen molar-refractivity contribution in [2.24, 2.45) is 0 Å². The topological polar surface area (TPSA) is 20.9 Å². The zero-order valence-corrected chi connectivity index (χ0v) is 10.0. The summed E-state index contributed by atoms with van der Waals surface area (Å²) in [6.07, 6.45) is 2.95. The Morgan fingerprint density at radius 3 is 2.75 bits per heavy atom. The molecule has 1 aromatic heterocycles. The van der Waals surface area contributed by atoms with Gasteiger partial charge >= 0.3 is 0 Å². The third-order valence-electron chi connectivity index (χ3n) is 2.48. The van der Waals surface area contributed by atoms with Crippen LogP contribution in [0.15, 0.2) is 41.9 Å². The molecule has 1 aromatic carbocycles. The van der Waals surface area contributed by atoms with Gasteiger partial charge < -0.3 is 0 Å². The fourth-order valence-electron chi connectivity index (χ4n) is 1.63. The number of carbonyl (C=O) groups excluding carboxylic acids is 1. The molecule has 0 N–H and O–H groups in total. The van der Waals surface area contributed by atoms with E-state index in [0.29, 0.717) is 6.54 Å². The summed E-state index contributed by atoms with van der Waals surface area (Å²) in [5, 5.41) is 3.26. The Bertz CT molecular complexity index is 476. The highest BCUT2D eigenvalue weighted by Crippen LogP contribution is 2.05. The highest BCUT2D eigenvalue weighted by atomic mass is 32.1. The molecule has 2 rings (SSSR count). The minimum Gasteiger partial charge on any atom is -0.287 e. The van der Waals surface area contributed by atoms with Crippen LogP contribution in [0.4, 0.5) is 0 Å². The highest BCUT2D eigenvalue weighted by molar-refractivity contribution is 7.09. The first-order valence-electron chi connectivity index (χ1n) is 5.35. The summed E-state index contributed by atoms with van der Waals surface area (Å²) < 4.78 is 2.03. The van der Waals surface area contributed by atoms with Gasteiger partial charge in [0.15, 0.2) is 6.20 Å². The van der Waals surface area contributed by atoms with E-state index >= 15 is 0 Å². The largest absolute Gasteiger partial charge is 0.287 e. The van der Waals surface area contributed by atoms with Crippen molar-refractivity contribution in [2.75, 3.05) is 0 Å². The molecule has 1 heterocycles. The van der Waals surface area contributed by atoms with Gasteiger partial charge in [0.1, 0.15) is 0 Å². The maximum atomic E-state index is 12.0. The second kappa shape index (κ2) is 5.03. The van der Waals surface area contributed by atoms with Crippen LogP contribution in [-0.2, 0) is 13.0 Å². The van der Waals surface area contributed by atoms with E-state index in [1.807, 2.05) is 46.5 Å². The molecule has 0 atom stereocenters. The fourth-order valence-corrected chi connectivity index (χ4v) is 2.42. The lowest BCUT2D eigenvalue weighted by molar-refractivity contribution is -0.685. The number of thiazole rings is 1. The Morgan fingerprint density at radius 1 is 1.31 bits per heavy atom. The molecule has 0 saturated carbocycles. The van der Waals surface area contributed by atoms with E-state index < -0.39 is 0 Å². The van der Waals surface area contributed by atoms with Gasteiger partial charge in [-0.3, -0.25) is 4.79 Å². The van der Waals surface area contributed by atoms with E-state index in [9.17, 15) is 4.79 Å². The zero-order valence-electron chi connectivity index (χ0n) is 9.22. The van der Waals surface area contributed by atoms with Crippen LogP contribution < -0.4 is 4.57 Å². The third-order valence-corrected chi connectivity index (χ3v) is 3.53. The fraction of sp³-hybridized carbons (Fsp3) is 0.231. The Hall–Kier alpha value is -1.48. The standard InChI is InChI=1S/C13H14NOS/c1-2-13-14(8-9-16-13)10-12(15)11-6-4-3-5-7-11/h3-9H,2,10H2,1H3/q+1. The van der Waals surface area contributed by atoms with E-state index in [0.717, 1.165) is 12.0 Å². The first-order valence-corrected chi connectivity index (χ1v) is 6.23. The van der Waals surface area contributed by atoms with Crippen molar-refractivity contribution in [2.45, 2.75) is 19.9 Å². The summed E-state index contributed by atoms with van der Waals surface area (Å²) in [4.78, 5) is 12.0. The summed E-state index contributed by atoms with van der Waals surface area (Å²) in [5.41, 5.74) is 0.781. The van der Waals surface area contributed by atoms with Crippen LogP contribution in [0.2, 0.25) is 0 Å². The summed E-state index contributed by atoms with van der Waals surface area (Å²) in [5.74, 6) is 0.165. The minimum absolute atomic E-state index is 0.165. The molecule has 0 saturated heterocycles. The maximum Gasteiger partial charge on any atom is 0.237 e. The monoisotopic (exact) mass is 232 g/mol. The molecule has 0 amide bonds. The molecule has 0 aliphatic carbocycles. The summed E-state index contributed by atoms with van der Waals surface area (Å²) in [7, 11) is 0. The quantitative estimate of drug-likeness (QED) is 0.586. The zero-order chi connectivity index (χ0) is 11.4. The summed E-state index contributed by atoms with van der Waals surface area (Å²) in [6.45, 7) is 2.55. The van der Waals surface area contributed by atoms with Gasteiger partial charge in [-0.15, -0.1) is 0 Å². The number of ketones is 1. The molecule has 0 unspecified atom stereocenters. The molecule has 3 heteroatoms. The number of benzene rings is 1. The molecule has 0 spiro atoms. The molecule has 0 aliphatic heterocycles. The first kappa shape index (κ1) is 11.0. The number of carbonyl (C=O) groups is 1. The number of Topliss-reactive ketones (excluding diaryl/α,β-unsaturated/α-hetero) is 1. The van der Waals surface area contributed by atoms with Crippen molar-refractivity contribution >= 4 is 17.1 Å². The van der Waals surface area contributed by atoms with Crippen LogP contribution in [0.1, 0.15) is 22.3 Å². The lowest BCUT2D eigenvalue weighted by atomic mass is 10.1. The van der Waals surface area contributed by atoms with Gasteiger partial charge in [-0.2, -0.15) is 4.57 Å². The van der Waals surface area contributed by atoms with Gasteiger partial charge in [-0.05, 0) is 0 Å². The summed E-state index contributed by atoms with van der Waals surface area (Å²) in [6, 6.07) is 9.44. The number of aromatic nitrogens is 1. The van der Waals surface area contributed by atoms with Crippen molar-refractivity contribution < 1.29 is 9.36 Å². The predicted molar refractivity (Wildman–Crippen MR) is 64.7 cm³/mol. The Labute approximate surface area is 99.2 Å². The molecule has 16 heavy (non-hydrogen) atoms. The van der Waals surface area contributed by atoms with Gasteiger partial charge in [-0.25, -0.2) is 0 Å². The highest BCUT2D eigenvalue weighted by Gasteiger charge is 2.16. The smallest absolute Gasteiger partial charge is 0.237 e.